The van der Waals surface area contributed by atoms with E-state index in [0.29, 0.717) is 5.76 Å². The van der Waals surface area contributed by atoms with Gasteiger partial charge in [0.25, 0.3) is 0 Å². The third kappa shape index (κ3) is 2.26. The molecule has 0 aromatic carbocycles. The zero-order valence-corrected chi connectivity index (χ0v) is 5.99. The van der Waals surface area contributed by atoms with Crippen LogP contribution in [0.5, 0.6) is 0 Å². The lowest BCUT2D eigenvalue weighted by Gasteiger charge is -1.80. The molecule has 1 aromatic heterocycles. The molecule has 0 unspecified atom stereocenters. The molecule has 1 aromatic rings. The van der Waals surface area contributed by atoms with Gasteiger partial charge in [-0.1, -0.05) is 6.58 Å². The Morgan fingerprint density at radius 1 is 1.64 bits per heavy atom. The number of allylic oxidation sites excluding steroid dienone is 2. The van der Waals surface area contributed by atoms with Crippen LogP contribution in [-0.4, -0.2) is 5.78 Å². The lowest BCUT2D eigenvalue weighted by atomic mass is 10.3. The van der Waals surface area contributed by atoms with Crippen molar-refractivity contribution in [3.05, 3.63) is 42.9 Å². The Hall–Kier alpha value is -1.57. The van der Waals surface area contributed by atoms with Gasteiger partial charge in [-0.2, -0.15) is 0 Å². The van der Waals surface area contributed by atoms with Crippen LogP contribution in [0.1, 0.15) is 5.76 Å². The standard InChI is InChI=1S/C9H8O2/c1-2-8(10)5-6-9-4-3-7-11-9/h2-7H,1H2/b6-5+. The molecule has 1 heterocycles. The summed E-state index contributed by atoms with van der Waals surface area (Å²) in [5.41, 5.74) is 0. The van der Waals surface area contributed by atoms with Gasteiger partial charge in [0.15, 0.2) is 5.78 Å². The summed E-state index contributed by atoms with van der Waals surface area (Å²) in [4.78, 5) is 10.7. The highest BCUT2D eigenvalue weighted by molar-refractivity contribution is 6.01. The molecule has 0 atom stereocenters. The molecule has 0 bridgehead atoms. The highest BCUT2D eigenvalue weighted by atomic mass is 16.3. The Balaban J connectivity index is 2.62. The molecule has 1 rings (SSSR count). The molecule has 56 valence electrons. The number of rotatable bonds is 3. The van der Waals surface area contributed by atoms with Gasteiger partial charge in [-0.15, -0.1) is 0 Å². The van der Waals surface area contributed by atoms with Crippen molar-refractivity contribution in [3.8, 4) is 0 Å². The summed E-state index contributed by atoms with van der Waals surface area (Å²) in [5, 5.41) is 0. The molecule has 0 saturated heterocycles. The van der Waals surface area contributed by atoms with Crippen LogP contribution in [0.4, 0.5) is 0 Å². The first-order valence-corrected chi connectivity index (χ1v) is 3.21. The van der Waals surface area contributed by atoms with Crippen molar-refractivity contribution in [1.82, 2.24) is 0 Å². The van der Waals surface area contributed by atoms with Crippen molar-refractivity contribution < 1.29 is 9.21 Å². The van der Waals surface area contributed by atoms with E-state index in [1.54, 1.807) is 24.5 Å². The Labute approximate surface area is 64.8 Å². The smallest absolute Gasteiger partial charge is 0.178 e. The molecule has 11 heavy (non-hydrogen) atoms. The van der Waals surface area contributed by atoms with E-state index in [2.05, 4.69) is 6.58 Å². The lowest BCUT2D eigenvalue weighted by molar-refractivity contribution is -0.110. The first-order chi connectivity index (χ1) is 5.33. The Morgan fingerprint density at radius 3 is 3.00 bits per heavy atom. The molecule has 0 N–H and O–H groups in total. The first-order valence-electron chi connectivity index (χ1n) is 3.21. The largest absolute Gasteiger partial charge is 0.465 e. The number of hydrogen-bond donors (Lipinski definition) is 0. The monoisotopic (exact) mass is 148 g/mol. The van der Waals surface area contributed by atoms with Crippen molar-refractivity contribution in [2.75, 3.05) is 0 Å². The van der Waals surface area contributed by atoms with E-state index < -0.39 is 0 Å². The third-order valence-corrected chi connectivity index (χ3v) is 1.16. The van der Waals surface area contributed by atoms with Crippen molar-refractivity contribution in [2.24, 2.45) is 0 Å². The summed E-state index contributed by atoms with van der Waals surface area (Å²) in [6.45, 7) is 3.33. The van der Waals surface area contributed by atoms with E-state index in [1.165, 1.54) is 12.2 Å². The maximum absolute atomic E-state index is 10.7. The van der Waals surface area contributed by atoms with Gasteiger partial charge in [0, 0.05) is 0 Å². The average molecular weight is 148 g/mol. The Bertz CT molecular complexity index is 268. The minimum absolute atomic E-state index is 0.124. The first kappa shape index (κ1) is 7.54. The summed E-state index contributed by atoms with van der Waals surface area (Å²) >= 11 is 0. The summed E-state index contributed by atoms with van der Waals surface area (Å²) in [6, 6.07) is 3.53. The minimum Gasteiger partial charge on any atom is -0.465 e. The van der Waals surface area contributed by atoms with Crippen molar-refractivity contribution in [3.63, 3.8) is 0 Å². The van der Waals surface area contributed by atoms with Gasteiger partial charge in [0.1, 0.15) is 5.76 Å². The summed E-state index contributed by atoms with van der Waals surface area (Å²) in [7, 11) is 0. The summed E-state index contributed by atoms with van der Waals surface area (Å²) < 4.78 is 4.96. The van der Waals surface area contributed by atoms with E-state index in [-0.39, 0.29) is 5.78 Å². The number of furan rings is 1. The van der Waals surface area contributed by atoms with Gasteiger partial charge in [-0.05, 0) is 30.4 Å². The lowest BCUT2D eigenvalue weighted by Crippen LogP contribution is -1.81. The second kappa shape index (κ2) is 3.56. The van der Waals surface area contributed by atoms with E-state index in [4.69, 9.17) is 4.42 Å². The molecular weight excluding hydrogens is 140 g/mol. The molecule has 0 fully saturated rings. The van der Waals surface area contributed by atoms with Gasteiger partial charge in [0.2, 0.25) is 0 Å². The predicted octanol–water partition coefficient (Wildman–Crippen LogP) is 2.05. The summed E-state index contributed by atoms with van der Waals surface area (Å²) in [6.07, 6.45) is 5.81. The predicted molar refractivity (Wildman–Crippen MR) is 42.9 cm³/mol. The minimum atomic E-state index is -0.124. The molecule has 0 aliphatic rings. The van der Waals surface area contributed by atoms with E-state index >= 15 is 0 Å². The molecule has 0 amide bonds. The summed E-state index contributed by atoms with van der Waals surface area (Å²) in [5.74, 6) is 0.543. The van der Waals surface area contributed by atoms with Crippen LogP contribution in [0.2, 0.25) is 0 Å². The van der Waals surface area contributed by atoms with E-state index in [1.807, 2.05) is 0 Å². The fourth-order valence-corrected chi connectivity index (χ4v) is 0.618. The van der Waals surface area contributed by atoms with E-state index in [0.717, 1.165) is 0 Å². The number of carbonyl (C=O) groups is 1. The normalized spacial score (nSPS) is 10.2. The topological polar surface area (TPSA) is 30.2 Å². The molecule has 0 aliphatic heterocycles. The zero-order chi connectivity index (χ0) is 8.10. The van der Waals surface area contributed by atoms with Crippen LogP contribution in [0.25, 0.3) is 6.08 Å². The van der Waals surface area contributed by atoms with Crippen LogP contribution in [0.3, 0.4) is 0 Å². The maximum atomic E-state index is 10.7. The van der Waals surface area contributed by atoms with Crippen molar-refractivity contribution in [1.29, 1.82) is 0 Å². The van der Waals surface area contributed by atoms with Crippen LogP contribution in [0.15, 0.2) is 41.5 Å². The van der Waals surface area contributed by atoms with Crippen molar-refractivity contribution >= 4 is 11.9 Å². The maximum Gasteiger partial charge on any atom is 0.178 e. The van der Waals surface area contributed by atoms with Crippen LogP contribution >= 0.6 is 0 Å². The highest BCUT2D eigenvalue weighted by Gasteiger charge is 1.88. The van der Waals surface area contributed by atoms with Crippen molar-refractivity contribution in [2.45, 2.75) is 0 Å². The van der Waals surface area contributed by atoms with Gasteiger partial charge in [-0.25, -0.2) is 0 Å². The average Bonchev–Trinajstić information content (AvgIpc) is 2.52. The molecule has 0 spiro atoms. The van der Waals surface area contributed by atoms with Gasteiger partial charge in [-0.3, -0.25) is 4.79 Å². The Kier molecular flexibility index (Phi) is 2.44. The molecular formula is C9H8O2. The van der Waals surface area contributed by atoms with Gasteiger partial charge < -0.3 is 4.42 Å². The van der Waals surface area contributed by atoms with Crippen LogP contribution < -0.4 is 0 Å². The fraction of sp³-hybridized carbons (Fsp3) is 0. The molecule has 2 heteroatoms. The Morgan fingerprint density at radius 2 is 2.45 bits per heavy atom. The molecule has 0 saturated carbocycles. The molecule has 0 aliphatic carbocycles. The fourth-order valence-electron chi connectivity index (χ4n) is 0.618. The quantitative estimate of drug-likeness (QED) is 0.614. The second-order valence-corrected chi connectivity index (χ2v) is 1.96. The third-order valence-electron chi connectivity index (χ3n) is 1.16. The molecule has 0 radical (unpaired) electrons. The number of carbonyl (C=O) groups excluding carboxylic acids is 1. The van der Waals surface area contributed by atoms with Gasteiger partial charge >= 0.3 is 0 Å². The number of ketones is 1. The SMILES string of the molecule is C=CC(=O)/C=C/c1ccco1. The van der Waals surface area contributed by atoms with E-state index in [9.17, 15) is 4.79 Å². The van der Waals surface area contributed by atoms with Gasteiger partial charge in [0.05, 0.1) is 6.26 Å². The van der Waals surface area contributed by atoms with Crippen LogP contribution in [0, 0.1) is 0 Å². The number of hydrogen-bond acceptors (Lipinski definition) is 2. The zero-order valence-electron chi connectivity index (χ0n) is 5.99. The van der Waals surface area contributed by atoms with Crippen LogP contribution in [-0.2, 0) is 4.79 Å². The second-order valence-electron chi connectivity index (χ2n) is 1.96. The molecule has 2 nitrogen and oxygen atoms in total. The highest BCUT2D eigenvalue weighted by Crippen LogP contribution is 2.01.